The van der Waals surface area contributed by atoms with Gasteiger partial charge in [0.1, 0.15) is 16.6 Å². The van der Waals surface area contributed by atoms with Crippen LogP contribution in [-0.2, 0) is 4.74 Å². The summed E-state index contributed by atoms with van der Waals surface area (Å²) in [6, 6.07) is 3.50. The Balaban J connectivity index is 1.64. The van der Waals surface area contributed by atoms with Crippen LogP contribution >= 0.6 is 23.2 Å². The topological polar surface area (TPSA) is 93.5 Å². The Labute approximate surface area is 231 Å². The Morgan fingerprint density at radius 2 is 1.84 bits per heavy atom. The number of ether oxygens (including phenoxy) is 1. The highest BCUT2D eigenvalue weighted by Crippen LogP contribution is 2.37. The lowest BCUT2D eigenvalue weighted by atomic mass is 9.91. The lowest BCUT2D eigenvalue weighted by molar-refractivity contribution is 0.000813. The van der Waals surface area contributed by atoms with Crippen LogP contribution in [0, 0.1) is 6.92 Å². The van der Waals surface area contributed by atoms with Crippen molar-refractivity contribution in [3.63, 3.8) is 0 Å². The molecule has 2 bridgehead atoms. The number of rotatable bonds is 3. The van der Waals surface area contributed by atoms with Gasteiger partial charge in [-0.2, -0.15) is 4.98 Å². The molecule has 0 radical (unpaired) electrons. The van der Waals surface area contributed by atoms with Crippen molar-refractivity contribution in [3.8, 4) is 5.69 Å². The first-order valence-corrected chi connectivity index (χ1v) is 13.6. The molecule has 3 fully saturated rings. The summed E-state index contributed by atoms with van der Waals surface area (Å²) >= 11 is 12.8. The number of pyridine rings is 2. The van der Waals surface area contributed by atoms with E-state index in [4.69, 9.17) is 27.9 Å². The highest BCUT2D eigenvalue weighted by atomic mass is 35.5. The number of piperazine rings is 1. The number of nitrogens with zero attached hydrogens (tertiary/aromatic N) is 6. The third-order valence-corrected chi connectivity index (χ3v) is 7.79. The number of aromatic nitrogens is 4. The molecule has 6 rings (SSSR count). The Morgan fingerprint density at radius 1 is 1.13 bits per heavy atom. The summed E-state index contributed by atoms with van der Waals surface area (Å²) in [5.74, 6) is 0.560. The van der Waals surface area contributed by atoms with Crippen molar-refractivity contribution in [1.29, 1.82) is 0 Å². The van der Waals surface area contributed by atoms with Gasteiger partial charge < -0.3 is 14.5 Å². The monoisotopic (exact) mass is 558 g/mol. The average Bonchev–Trinajstić information content (AvgIpc) is 2.84. The standard InChI is InChI=1S/C27H32Cl2N6O3/c1-14(2)20-21(15(3)9-10-30-20)35-24-18(11-19(28)22(29)31-24)23(32-25(35)36)33-12-17-8-7-16(33)13-34(17)26(37)38-27(4,5)6/h9-11,14,16-17H,7-8,12-13H2,1-6H3. The second kappa shape index (κ2) is 9.68. The number of fused-ring (bicyclic) bond motifs is 4. The smallest absolute Gasteiger partial charge is 0.410 e. The van der Waals surface area contributed by atoms with E-state index in [0.717, 1.165) is 24.1 Å². The summed E-state index contributed by atoms with van der Waals surface area (Å²) in [6.45, 7) is 12.6. The number of hydrogen-bond donors (Lipinski definition) is 0. The molecule has 0 N–H and O–H groups in total. The molecule has 38 heavy (non-hydrogen) atoms. The van der Waals surface area contributed by atoms with Gasteiger partial charge in [0.25, 0.3) is 0 Å². The van der Waals surface area contributed by atoms with Crippen molar-refractivity contribution >= 4 is 46.1 Å². The zero-order chi connectivity index (χ0) is 27.5. The fourth-order valence-electron chi connectivity index (χ4n) is 5.42. The second-order valence-electron chi connectivity index (χ2n) is 11.4. The molecule has 1 amide bonds. The molecule has 0 saturated carbocycles. The van der Waals surface area contributed by atoms with Gasteiger partial charge in [-0.25, -0.2) is 19.1 Å². The van der Waals surface area contributed by atoms with Crippen molar-refractivity contribution in [3.05, 3.63) is 50.2 Å². The third kappa shape index (κ3) is 4.71. The van der Waals surface area contributed by atoms with E-state index < -0.39 is 11.3 Å². The van der Waals surface area contributed by atoms with E-state index in [-0.39, 0.29) is 34.3 Å². The first-order valence-electron chi connectivity index (χ1n) is 12.9. The van der Waals surface area contributed by atoms with Crippen LogP contribution in [0.3, 0.4) is 0 Å². The fraction of sp³-hybridized carbons (Fsp3) is 0.519. The quantitative estimate of drug-likeness (QED) is 0.391. The summed E-state index contributed by atoms with van der Waals surface area (Å²) in [7, 11) is 0. The first-order chi connectivity index (χ1) is 17.9. The van der Waals surface area contributed by atoms with Crippen molar-refractivity contribution < 1.29 is 9.53 Å². The fourth-order valence-corrected chi connectivity index (χ4v) is 5.71. The minimum atomic E-state index is -0.573. The van der Waals surface area contributed by atoms with Gasteiger partial charge in [0.05, 0.1) is 27.8 Å². The van der Waals surface area contributed by atoms with E-state index in [2.05, 4.69) is 19.9 Å². The summed E-state index contributed by atoms with van der Waals surface area (Å²) in [5, 5.41) is 0.999. The molecule has 3 aliphatic rings. The maximum atomic E-state index is 13.8. The van der Waals surface area contributed by atoms with Gasteiger partial charge in [-0.05, 0) is 64.2 Å². The molecule has 3 aliphatic heterocycles. The first kappa shape index (κ1) is 26.7. The Bertz CT molecular complexity index is 1480. The molecule has 0 aliphatic carbocycles. The maximum Gasteiger partial charge on any atom is 0.410 e. The van der Waals surface area contributed by atoms with Crippen molar-refractivity contribution in [2.75, 3.05) is 18.0 Å². The molecule has 3 aromatic rings. The number of anilines is 1. The van der Waals surface area contributed by atoms with Gasteiger partial charge in [0.15, 0.2) is 5.65 Å². The average molecular weight is 559 g/mol. The Kier molecular flexibility index (Phi) is 6.80. The van der Waals surface area contributed by atoms with Crippen LogP contribution in [0.15, 0.2) is 23.1 Å². The largest absolute Gasteiger partial charge is 0.444 e. The summed E-state index contributed by atoms with van der Waals surface area (Å²) in [5.41, 5.74) is 1.62. The van der Waals surface area contributed by atoms with E-state index in [1.54, 1.807) is 17.2 Å². The Hall–Kier alpha value is -2.91. The molecule has 0 spiro atoms. The predicted molar refractivity (Wildman–Crippen MR) is 149 cm³/mol. The molecule has 202 valence electrons. The highest BCUT2D eigenvalue weighted by Gasteiger charge is 2.43. The van der Waals surface area contributed by atoms with E-state index in [9.17, 15) is 9.59 Å². The zero-order valence-electron chi connectivity index (χ0n) is 22.5. The lowest BCUT2D eigenvalue weighted by Gasteiger charge is -2.51. The van der Waals surface area contributed by atoms with Gasteiger partial charge in [0.2, 0.25) is 0 Å². The number of piperidine rings is 2. The van der Waals surface area contributed by atoms with E-state index in [1.165, 1.54) is 4.57 Å². The van der Waals surface area contributed by atoms with Gasteiger partial charge >= 0.3 is 11.8 Å². The molecule has 0 aromatic carbocycles. The van der Waals surface area contributed by atoms with Crippen molar-refractivity contribution in [2.24, 2.45) is 0 Å². The highest BCUT2D eigenvalue weighted by molar-refractivity contribution is 6.41. The van der Waals surface area contributed by atoms with E-state index in [1.807, 2.05) is 47.6 Å². The van der Waals surface area contributed by atoms with Crippen LogP contribution in [-0.4, -0.2) is 61.3 Å². The molecule has 2 atom stereocenters. The Morgan fingerprint density at radius 3 is 2.47 bits per heavy atom. The predicted octanol–water partition coefficient (Wildman–Crippen LogP) is 5.50. The van der Waals surface area contributed by atoms with Crippen LogP contribution in [0.1, 0.15) is 64.6 Å². The molecule has 3 saturated heterocycles. The minimum Gasteiger partial charge on any atom is -0.444 e. The molecule has 11 heteroatoms. The number of carbonyl (C=O) groups is 1. The molecule has 2 unspecified atom stereocenters. The van der Waals surface area contributed by atoms with Gasteiger partial charge in [-0.3, -0.25) is 4.98 Å². The SMILES string of the molecule is Cc1ccnc(C(C)C)c1-n1c(=O)nc(N2CC3CCC2CN3C(=O)OC(C)(C)C)c2cc(Cl)c(Cl)nc21. The second-order valence-corrected chi connectivity index (χ2v) is 12.1. The van der Waals surface area contributed by atoms with Crippen LogP contribution in [0.25, 0.3) is 16.7 Å². The van der Waals surface area contributed by atoms with Crippen molar-refractivity contribution in [1.82, 2.24) is 24.4 Å². The van der Waals surface area contributed by atoms with Crippen LogP contribution in [0.4, 0.5) is 10.6 Å². The number of hydrogen-bond acceptors (Lipinski definition) is 7. The maximum absolute atomic E-state index is 13.8. The lowest BCUT2D eigenvalue weighted by Crippen LogP contribution is -2.65. The summed E-state index contributed by atoms with van der Waals surface area (Å²) in [4.78, 5) is 44.3. The third-order valence-electron chi connectivity index (χ3n) is 7.11. The number of carbonyl (C=O) groups excluding carboxylic acids is 1. The number of halogens is 2. The number of aryl methyl sites for hydroxylation is 1. The molecule has 6 heterocycles. The van der Waals surface area contributed by atoms with Crippen LogP contribution < -0.4 is 10.6 Å². The summed E-state index contributed by atoms with van der Waals surface area (Å²) < 4.78 is 7.14. The van der Waals surface area contributed by atoms with Crippen LogP contribution in [0.5, 0.6) is 0 Å². The van der Waals surface area contributed by atoms with Gasteiger partial charge in [0, 0.05) is 25.3 Å². The molecule has 3 aromatic heterocycles. The van der Waals surface area contributed by atoms with Crippen LogP contribution in [0.2, 0.25) is 10.2 Å². The normalized spacial score (nSPS) is 19.5. The van der Waals surface area contributed by atoms with Gasteiger partial charge in [-0.1, -0.05) is 37.0 Å². The van der Waals surface area contributed by atoms with E-state index >= 15 is 0 Å². The number of amides is 1. The van der Waals surface area contributed by atoms with E-state index in [0.29, 0.717) is 35.6 Å². The summed E-state index contributed by atoms with van der Waals surface area (Å²) in [6.07, 6.45) is 3.14. The molecular formula is C27H32Cl2N6O3. The zero-order valence-corrected chi connectivity index (χ0v) is 24.0. The van der Waals surface area contributed by atoms with Gasteiger partial charge in [-0.15, -0.1) is 0 Å². The minimum absolute atomic E-state index is 0.0284. The van der Waals surface area contributed by atoms with Crippen molar-refractivity contribution in [2.45, 2.75) is 78.0 Å². The molecular weight excluding hydrogens is 527 g/mol. The molecule has 9 nitrogen and oxygen atoms in total.